The first kappa shape index (κ1) is 29.7. The van der Waals surface area contributed by atoms with Crippen LogP contribution < -0.4 is 5.32 Å². The quantitative estimate of drug-likeness (QED) is 0.183. The molecule has 42 heavy (non-hydrogen) atoms. The number of halogens is 1. The predicted octanol–water partition coefficient (Wildman–Crippen LogP) is 7.99. The fourth-order valence-corrected chi connectivity index (χ4v) is 5.57. The molecule has 1 saturated heterocycles. The molecule has 0 saturated carbocycles. The molecule has 3 aromatic carbocycles. The fourth-order valence-electron chi connectivity index (χ4n) is 5.45. The highest BCUT2D eigenvalue weighted by molar-refractivity contribution is 6.30. The summed E-state index contributed by atoms with van der Waals surface area (Å²) in [6.07, 6.45) is 8.96. The number of para-hydroxylation sites is 1. The number of piperazine rings is 1. The number of nitrogens with one attached hydrogen (secondary N) is 1. The number of aryl methyl sites for hydroxylation is 1. The summed E-state index contributed by atoms with van der Waals surface area (Å²) in [4.78, 5) is 15.0. The molecule has 5 nitrogen and oxygen atoms in total. The third-order valence-electron chi connectivity index (χ3n) is 7.74. The second-order valence-corrected chi connectivity index (χ2v) is 11.3. The molecule has 0 radical (unpaired) electrons. The van der Waals surface area contributed by atoms with Crippen LogP contribution in [-0.2, 0) is 6.54 Å². The lowest BCUT2D eigenvalue weighted by atomic mass is 9.95. The van der Waals surface area contributed by atoms with E-state index in [1.807, 2.05) is 49.4 Å². The number of anilines is 1. The van der Waals surface area contributed by atoms with Crippen LogP contribution in [0.25, 0.3) is 10.9 Å². The van der Waals surface area contributed by atoms with Crippen molar-refractivity contribution in [2.45, 2.75) is 32.9 Å². The molecule has 2 heterocycles. The second-order valence-electron chi connectivity index (χ2n) is 10.9. The zero-order valence-corrected chi connectivity index (χ0v) is 25.4. The largest absolute Gasteiger partial charge is 0.369 e. The molecule has 0 spiro atoms. The Morgan fingerprint density at radius 1 is 0.929 bits per heavy atom. The molecule has 4 aromatic rings. The van der Waals surface area contributed by atoms with Gasteiger partial charge in [-0.3, -0.25) is 9.80 Å². The molecule has 0 amide bonds. The van der Waals surface area contributed by atoms with Gasteiger partial charge in [0.1, 0.15) is 11.6 Å². The van der Waals surface area contributed by atoms with E-state index in [2.05, 4.69) is 83.2 Å². The van der Waals surface area contributed by atoms with E-state index in [9.17, 15) is 0 Å². The lowest BCUT2D eigenvalue weighted by Crippen LogP contribution is -2.47. The Labute approximate surface area is 255 Å². The average molecular weight is 578 g/mol. The zero-order valence-electron chi connectivity index (χ0n) is 24.6. The van der Waals surface area contributed by atoms with Crippen molar-refractivity contribution in [3.63, 3.8) is 0 Å². The maximum Gasteiger partial charge on any atom is 0.145 e. The average Bonchev–Trinajstić information content (AvgIpc) is 3.00. The summed E-state index contributed by atoms with van der Waals surface area (Å²) in [6, 6.07) is 25.6. The summed E-state index contributed by atoms with van der Waals surface area (Å²) in [5.74, 6) is 1.74. The number of rotatable bonds is 11. The normalized spacial score (nSPS) is 15.5. The van der Waals surface area contributed by atoms with E-state index >= 15 is 0 Å². The van der Waals surface area contributed by atoms with Gasteiger partial charge in [-0.15, -0.1) is 0 Å². The van der Waals surface area contributed by atoms with Crippen molar-refractivity contribution in [1.82, 2.24) is 19.8 Å². The molecule has 1 N–H and O–H groups in total. The SMILES string of the molecule is C=C(/C=C\C=C/C)CCNc1nc(CN2CCN(C(c3ccc(C)cc3)c3ccc(Cl)cc3)CC2)nc2ccccc12. The van der Waals surface area contributed by atoms with Gasteiger partial charge < -0.3 is 5.32 Å². The number of hydrogen-bond acceptors (Lipinski definition) is 5. The number of nitrogens with zero attached hydrogens (tertiary/aromatic N) is 4. The van der Waals surface area contributed by atoms with Gasteiger partial charge in [0.2, 0.25) is 0 Å². The first-order chi connectivity index (χ1) is 20.5. The standard InChI is InChI=1S/C36H40ClN5/c1-4-5-6-9-27(2)20-21-38-36-32-10-7-8-11-33(32)39-34(40-36)26-41-22-24-42(25-23-41)35(29-14-12-28(3)13-15-29)30-16-18-31(37)19-17-30/h4-19,35H,2,20-26H2,1,3H3,(H,38,39,40)/b5-4-,9-6-. The van der Waals surface area contributed by atoms with Crippen molar-refractivity contribution < 1.29 is 0 Å². The van der Waals surface area contributed by atoms with Gasteiger partial charge in [0, 0.05) is 43.1 Å². The van der Waals surface area contributed by atoms with Gasteiger partial charge in [0.05, 0.1) is 18.1 Å². The first-order valence-corrected chi connectivity index (χ1v) is 15.1. The van der Waals surface area contributed by atoms with E-state index in [0.29, 0.717) is 0 Å². The highest BCUT2D eigenvalue weighted by Crippen LogP contribution is 2.31. The van der Waals surface area contributed by atoms with Crippen LogP contribution in [0, 0.1) is 6.92 Å². The highest BCUT2D eigenvalue weighted by atomic mass is 35.5. The zero-order chi connectivity index (χ0) is 29.3. The van der Waals surface area contributed by atoms with Crippen LogP contribution in [0.1, 0.15) is 41.9 Å². The minimum Gasteiger partial charge on any atom is -0.369 e. The van der Waals surface area contributed by atoms with E-state index in [0.717, 1.165) is 78.8 Å². The van der Waals surface area contributed by atoms with Crippen molar-refractivity contribution in [3.8, 4) is 0 Å². The van der Waals surface area contributed by atoms with E-state index in [1.54, 1.807) is 0 Å². The van der Waals surface area contributed by atoms with Crippen LogP contribution in [-0.4, -0.2) is 52.5 Å². The molecule has 1 unspecified atom stereocenters. The Bertz CT molecular complexity index is 1490. The van der Waals surface area contributed by atoms with Crippen LogP contribution in [0.4, 0.5) is 5.82 Å². The van der Waals surface area contributed by atoms with Gasteiger partial charge in [0.25, 0.3) is 0 Å². The number of benzene rings is 3. The van der Waals surface area contributed by atoms with Gasteiger partial charge in [-0.05, 0) is 55.7 Å². The van der Waals surface area contributed by atoms with Gasteiger partial charge in [-0.25, -0.2) is 9.97 Å². The summed E-state index contributed by atoms with van der Waals surface area (Å²) >= 11 is 6.23. The molecular formula is C36H40ClN5. The first-order valence-electron chi connectivity index (χ1n) is 14.8. The third-order valence-corrected chi connectivity index (χ3v) is 7.99. The van der Waals surface area contributed by atoms with Crippen LogP contribution >= 0.6 is 11.6 Å². The van der Waals surface area contributed by atoms with Crippen molar-refractivity contribution in [2.24, 2.45) is 0 Å². The van der Waals surface area contributed by atoms with Gasteiger partial charge in [-0.1, -0.05) is 102 Å². The van der Waals surface area contributed by atoms with Gasteiger partial charge >= 0.3 is 0 Å². The van der Waals surface area contributed by atoms with Crippen LogP contribution in [0.2, 0.25) is 5.02 Å². The van der Waals surface area contributed by atoms with E-state index < -0.39 is 0 Å². The molecular weight excluding hydrogens is 538 g/mol. The van der Waals surface area contributed by atoms with Crippen molar-refractivity contribution >= 4 is 28.3 Å². The van der Waals surface area contributed by atoms with Crippen LogP contribution in [0.15, 0.2) is 109 Å². The lowest BCUT2D eigenvalue weighted by molar-refractivity contribution is 0.103. The van der Waals surface area contributed by atoms with E-state index in [1.165, 1.54) is 16.7 Å². The smallest absolute Gasteiger partial charge is 0.145 e. The van der Waals surface area contributed by atoms with Crippen molar-refractivity contribution in [2.75, 3.05) is 38.0 Å². The summed E-state index contributed by atoms with van der Waals surface area (Å²) in [7, 11) is 0. The van der Waals surface area contributed by atoms with Crippen LogP contribution in [0.3, 0.4) is 0 Å². The Balaban J connectivity index is 1.26. The lowest BCUT2D eigenvalue weighted by Gasteiger charge is -2.39. The number of hydrogen-bond donors (Lipinski definition) is 1. The number of allylic oxidation sites excluding steroid dienone is 4. The molecule has 1 aliphatic heterocycles. The number of fused-ring (bicyclic) bond motifs is 1. The maximum absolute atomic E-state index is 6.23. The van der Waals surface area contributed by atoms with Gasteiger partial charge in [-0.2, -0.15) is 0 Å². The highest BCUT2D eigenvalue weighted by Gasteiger charge is 2.27. The summed E-state index contributed by atoms with van der Waals surface area (Å²) in [5.41, 5.74) is 5.90. The molecule has 0 bridgehead atoms. The Kier molecular flexibility index (Phi) is 10.2. The Hall–Kier alpha value is -3.77. The monoisotopic (exact) mass is 577 g/mol. The Morgan fingerprint density at radius 3 is 2.33 bits per heavy atom. The fraction of sp³-hybridized carbons (Fsp3) is 0.278. The topological polar surface area (TPSA) is 44.3 Å². The maximum atomic E-state index is 6.23. The molecule has 1 atom stereocenters. The molecule has 1 aliphatic rings. The third kappa shape index (κ3) is 7.74. The molecule has 6 heteroatoms. The van der Waals surface area contributed by atoms with Crippen molar-refractivity contribution in [1.29, 1.82) is 0 Å². The summed E-state index contributed by atoms with van der Waals surface area (Å²) in [6.45, 7) is 13.6. The van der Waals surface area contributed by atoms with Gasteiger partial charge in [0.15, 0.2) is 0 Å². The van der Waals surface area contributed by atoms with E-state index in [-0.39, 0.29) is 6.04 Å². The molecule has 1 fully saturated rings. The summed E-state index contributed by atoms with van der Waals surface area (Å²) in [5, 5.41) is 5.36. The van der Waals surface area contributed by atoms with Crippen LogP contribution in [0.5, 0.6) is 0 Å². The molecule has 1 aromatic heterocycles. The molecule has 0 aliphatic carbocycles. The number of aromatic nitrogens is 2. The second kappa shape index (κ2) is 14.4. The van der Waals surface area contributed by atoms with E-state index in [4.69, 9.17) is 21.6 Å². The minimum atomic E-state index is 0.195. The summed E-state index contributed by atoms with van der Waals surface area (Å²) < 4.78 is 0. The minimum absolute atomic E-state index is 0.195. The molecule has 216 valence electrons. The van der Waals surface area contributed by atoms with Crippen molar-refractivity contribution in [3.05, 3.63) is 137 Å². The Morgan fingerprint density at radius 2 is 1.62 bits per heavy atom. The predicted molar refractivity (Wildman–Crippen MR) is 177 cm³/mol. The molecule has 5 rings (SSSR count).